The van der Waals surface area contributed by atoms with Gasteiger partial charge in [-0.25, -0.2) is 5.43 Å². The first-order valence-corrected chi connectivity index (χ1v) is 11.0. The van der Waals surface area contributed by atoms with E-state index in [1.807, 2.05) is 0 Å². The van der Waals surface area contributed by atoms with E-state index >= 15 is 0 Å². The molecule has 1 aliphatic heterocycles. The number of carbonyl (C=O) groups excluding carboxylic acids is 2. The fraction of sp³-hybridized carbons (Fsp3) is 0.120. The van der Waals surface area contributed by atoms with E-state index in [0.717, 1.165) is 0 Å². The maximum absolute atomic E-state index is 13.4. The highest BCUT2D eigenvalue weighted by Gasteiger charge is 2.55. The highest BCUT2D eigenvalue weighted by molar-refractivity contribution is 6.38. The maximum Gasteiger partial charge on any atom is 0.262 e. The predicted molar refractivity (Wildman–Crippen MR) is 130 cm³/mol. The Morgan fingerprint density at radius 2 is 1.68 bits per heavy atom. The summed E-state index contributed by atoms with van der Waals surface area (Å²) in [5, 5.41) is 28.3. The summed E-state index contributed by atoms with van der Waals surface area (Å²) in [7, 11) is 0. The van der Waals surface area contributed by atoms with Crippen molar-refractivity contribution in [2.24, 2.45) is 5.10 Å². The Bertz CT molecular complexity index is 1320. The van der Waals surface area contributed by atoms with Crippen LogP contribution in [-0.2, 0) is 15.2 Å². The number of halogens is 2. The smallest absolute Gasteiger partial charge is 0.262 e. The topological polar surface area (TPSA) is 115 Å². The number of nitrogens with zero attached hydrogens (tertiary/aromatic N) is 2. The normalized spacial score (nSPS) is 17.9. The minimum Gasteiger partial charge on any atom is -0.374 e. The molecular weight excluding hydrogens is 475 g/mol. The van der Waals surface area contributed by atoms with Gasteiger partial charge in [0.15, 0.2) is 5.60 Å². The number of nitriles is 1. The maximum atomic E-state index is 13.4. The number of amides is 2. The highest BCUT2D eigenvalue weighted by Crippen LogP contribution is 2.51. The van der Waals surface area contributed by atoms with E-state index in [1.54, 1.807) is 66.7 Å². The Balaban J connectivity index is 2.00. The summed E-state index contributed by atoms with van der Waals surface area (Å²) in [6, 6.07) is 22.4. The molecule has 0 bridgehead atoms. The minimum absolute atomic E-state index is 0.118. The molecule has 0 aromatic heterocycles. The number of rotatable bonds is 6. The zero-order chi connectivity index (χ0) is 24.3. The predicted octanol–water partition coefficient (Wildman–Crippen LogP) is 4.35. The lowest BCUT2D eigenvalue weighted by Gasteiger charge is -2.33. The second kappa shape index (κ2) is 9.65. The van der Waals surface area contributed by atoms with Gasteiger partial charge in [-0.3, -0.25) is 9.59 Å². The van der Waals surface area contributed by atoms with E-state index in [2.05, 4.69) is 15.8 Å². The van der Waals surface area contributed by atoms with Crippen LogP contribution in [-0.4, -0.2) is 22.6 Å². The number of nitrogens with one attached hydrogen (secondary N) is 2. The van der Waals surface area contributed by atoms with Crippen LogP contribution in [0.1, 0.15) is 29.0 Å². The lowest BCUT2D eigenvalue weighted by atomic mass is 9.73. The molecule has 7 nitrogen and oxygen atoms in total. The van der Waals surface area contributed by atoms with Gasteiger partial charge in [0.2, 0.25) is 0 Å². The van der Waals surface area contributed by atoms with E-state index in [-0.39, 0.29) is 27.0 Å². The first kappa shape index (κ1) is 23.5. The summed E-state index contributed by atoms with van der Waals surface area (Å²) in [6.45, 7) is 0. The largest absolute Gasteiger partial charge is 0.374 e. The first-order valence-electron chi connectivity index (χ1n) is 10.2. The van der Waals surface area contributed by atoms with Crippen molar-refractivity contribution < 1.29 is 14.7 Å². The molecule has 9 heteroatoms. The molecule has 1 aliphatic rings. The molecule has 0 radical (unpaired) electrons. The van der Waals surface area contributed by atoms with E-state index < -0.39 is 29.8 Å². The number of anilines is 1. The van der Waals surface area contributed by atoms with Crippen LogP contribution in [0, 0.1) is 11.3 Å². The van der Waals surface area contributed by atoms with Gasteiger partial charge in [0.25, 0.3) is 11.8 Å². The molecule has 0 saturated carbocycles. The minimum atomic E-state index is -2.21. The zero-order valence-electron chi connectivity index (χ0n) is 17.6. The number of carbonyl (C=O) groups is 2. The van der Waals surface area contributed by atoms with Crippen molar-refractivity contribution in [3.63, 3.8) is 0 Å². The number of benzene rings is 3. The van der Waals surface area contributed by atoms with E-state index in [9.17, 15) is 14.7 Å². The van der Waals surface area contributed by atoms with Gasteiger partial charge in [-0.15, -0.1) is 0 Å². The molecule has 3 aromatic rings. The van der Waals surface area contributed by atoms with Crippen LogP contribution in [0.25, 0.3) is 0 Å². The van der Waals surface area contributed by atoms with Crippen molar-refractivity contribution in [2.45, 2.75) is 17.9 Å². The van der Waals surface area contributed by atoms with Gasteiger partial charge in [0.1, 0.15) is 6.42 Å². The Morgan fingerprint density at radius 1 is 1.06 bits per heavy atom. The molecule has 0 fully saturated rings. The zero-order valence-corrected chi connectivity index (χ0v) is 19.1. The van der Waals surface area contributed by atoms with Crippen molar-refractivity contribution in [3.8, 4) is 6.07 Å². The molecule has 2 atom stereocenters. The molecule has 3 aromatic carbocycles. The third kappa shape index (κ3) is 4.15. The molecule has 2 amide bonds. The lowest BCUT2D eigenvalue weighted by Crippen LogP contribution is -2.45. The van der Waals surface area contributed by atoms with Gasteiger partial charge >= 0.3 is 0 Å². The summed E-state index contributed by atoms with van der Waals surface area (Å²) >= 11 is 12.8. The molecule has 3 N–H and O–H groups in total. The molecule has 1 heterocycles. The average molecular weight is 493 g/mol. The third-order valence-electron chi connectivity index (χ3n) is 5.50. The van der Waals surface area contributed by atoms with Crippen LogP contribution in [0.5, 0.6) is 0 Å². The van der Waals surface area contributed by atoms with Gasteiger partial charge in [-0.1, -0.05) is 83.9 Å². The number of aliphatic hydroxyl groups is 1. The van der Waals surface area contributed by atoms with Crippen LogP contribution < -0.4 is 10.7 Å². The van der Waals surface area contributed by atoms with Crippen LogP contribution in [0.2, 0.25) is 10.0 Å². The van der Waals surface area contributed by atoms with Gasteiger partial charge in [0.05, 0.1) is 28.4 Å². The van der Waals surface area contributed by atoms with Crippen LogP contribution in [0.15, 0.2) is 77.9 Å². The standard InChI is InChI=1S/C25H18Cl2N4O3/c26-17-11-12-18(27)23-21(17)25(34,24(33)29-23)20(15-7-3-1-4-8-15)22(16-9-5-2-6-10-16)31-30-19(32)13-14-28/h1-12,20,34H,13H2,(H,29,33)(H,30,32)/b31-22+. The molecule has 0 saturated heterocycles. The summed E-state index contributed by atoms with van der Waals surface area (Å²) in [6.07, 6.45) is -0.406. The van der Waals surface area contributed by atoms with Gasteiger partial charge < -0.3 is 10.4 Å². The summed E-state index contributed by atoms with van der Waals surface area (Å²) in [5.74, 6) is -2.47. The second-order valence-corrected chi connectivity index (χ2v) is 8.39. The highest BCUT2D eigenvalue weighted by atomic mass is 35.5. The van der Waals surface area contributed by atoms with Crippen molar-refractivity contribution >= 4 is 46.4 Å². The van der Waals surface area contributed by atoms with Gasteiger partial charge in [-0.05, 0) is 23.3 Å². The van der Waals surface area contributed by atoms with Gasteiger partial charge in [-0.2, -0.15) is 10.4 Å². The number of hydrogen-bond donors (Lipinski definition) is 3. The Labute approximate surface area is 205 Å². The van der Waals surface area contributed by atoms with Crippen LogP contribution in [0.4, 0.5) is 5.69 Å². The second-order valence-electron chi connectivity index (χ2n) is 7.58. The van der Waals surface area contributed by atoms with Crippen molar-refractivity contribution in [1.29, 1.82) is 5.26 Å². The third-order valence-corrected chi connectivity index (χ3v) is 6.13. The fourth-order valence-electron chi connectivity index (χ4n) is 4.03. The summed E-state index contributed by atoms with van der Waals surface area (Å²) < 4.78 is 0. The van der Waals surface area contributed by atoms with E-state index in [4.69, 9.17) is 28.5 Å². The summed E-state index contributed by atoms with van der Waals surface area (Å²) in [5.41, 5.74) is 1.76. The summed E-state index contributed by atoms with van der Waals surface area (Å²) in [4.78, 5) is 25.5. The van der Waals surface area contributed by atoms with E-state index in [1.165, 1.54) is 12.1 Å². The number of fused-ring (bicyclic) bond motifs is 1. The molecule has 2 unspecified atom stereocenters. The Morgan fingerprint density at radius 3 is 2.32 bits per heavy atom. The van der Waals surface area contributed by atoms with Crippen LogP contribution >= 0.6 is 23.2 Å². The SMILES string of the molecule is N#CCC(=O)N/N=C(\c1ccccc1)C(c1ccccc1)C1(O)C(=O)Nc2c(Cl)ccc(Cl)c21. The van der Waals surface area contributed by atoms with Crippen molar-refractivity contribution in [2.75, 3.05) is 5.32 Å². The fourth-order valence-corrected chi connectivity index (χ4v) is 4.53. The Kier molecular flexibility index (Phi) is 6.66. The van der Waals surface area contributed by atoms with Gasteiger partial charge in [0, 0.05) is 10.6 Å². The monoisotopic (exact) mass is 492 g/mol. The quantitative estimate of drug-likeness (QED) is 0.350. The van der Waals surface area contributed by atoms with Crippen LogP contribution in [0.3, 0.4) is 0 Å². The van der Waals surface area contributed by atoms with Crippen molar-refractivity contribution in [3.05, 3.63) is 99.5 Å². The molecule has 34 heavy (non-hydrogen) atoms. The number of hydrazone groups is 1. The van der Waals surface area contributed by atoms with Crippen molar-refractivity contribution in [1.82, 2.24) is 5.43 Å². The average Bonchev–Trinajstić information content (AvgIpc) is 3.12. The first-order chi connectivity index (χ1) is 16.4. The molecule has 0 aliphatic carbocycles. The molecule has 170 valence electrons. The molecule has 4 rings (SSSR count). The Hall–Kier alpha value is -3.70. The lowest BCUT2D eigenvalue weighted by molar-refractivity contribution is -0.134. The number of hydrogen-bond acceptors (Lipinski definition) is 5. The molecular formula is C25H18Cl2N4O3. The molecule has 0 spiro atoms. The van der Waals surface area contributed by atoms with E-state index in [0.29, 0.717) is 11.1 Å².